The first-order valence-corrected chi connectivity index (χ1v) is 14.1. The van der Waals surface area contributed by atoms with E-state index in [0.717, 1.165) is 63.5 Å². The van der Waals surface area contributed by atoms with Crippen LogP contribution < -0.4 is 0 Å². The molecule has 2 aromatic rings. The van der Waals surface area contributed by atoms with Gasteiger partial charge in [-0.15, -0.1) is 0 Å². The largest absolute Gasteiger partial charge is 0.373 e. The van der Waals surface area contributed by atoms with E-state index in [1.165, 1.54) is 31.5 Å². The summed E-state index contributed by atoms with van der Waals surface area (Å²) in [7, 11) is 0. The fourth-order valence-electron chi connectivity index (χ4n) is 7.42. The Hall–Kier alpha value is -2.21. The molecule has 4 atom stereocenters. The third kappa shape index (κ3) is 4.85. The first-order chi connectivity index (χ1) is 17.6. The maximum absolute atomic E-state index is 12.8. The van der Waals surface area contributed by atoms with Gasteiger partial charge in [0.05, 0.1) is 12.7 Å². The second kappa shape index (κ2) is 10.3. The van der Waals surface area contributed by atoms with Crippen molar-refractivity contribution in [2.45, 2.75) is 57.2 Å². The molecule has 0 bridgehead atoms. The van der Waals surface area contributed by atoms with Crippen molar-refractivity contribution in [3.05, 3.63) is 71.8 Å². The predicted molar refractivity (Wildman–Crippen MR) is 143 cm³/mol. The standard InChI is InChI=1S/C31H41N3O2/c1-31-22-28(20-26(31)21-29(36-23-31)24-8-4-2-5-9-24)33-18-16-32(17-19-33)27-12-14-34(15-13-27)30(35)25-10-6-3-7-11-25/h2-11,26-29H,12-23H2,1H3/t26-,28-,29-,31+/m0/s1. The smallest absolute Gasteiger partial charge is 0.253 e. The van der Waals surface area contributed by atoms with E-state index in [2.05, 4.69) is 47.1 Å². The summed E-state index contributed by atoms with van der Waals surface area (Å²) in [6.45, 7) is 9.82. The number of carbonyl (C=O) groups excluding carboxylic acids is 1. The SMILES string of the molecule is C[C@@]12CO[C@H](c3ccccc3)C[C@@H]1C[C@H](N1CCN(C3CCN(C(=O)c4ccccc4)CC3)CC1)C2. The molecule has 3 heterocycles. The third-order valence-corrected chi connectivity index (χ3v) is 9.68. The molecule has 1 aliphatic carbocycles. The zero-order valence-corrected chi connectivity index (χ0v) is 21.7. The number of fused-ring (bicyclic) bond motifs is 1. The molecule has 0 aromatic heterocycles. The highest BCUT2D eigenvalue weighted by molar-refractivity contribution is 5.94. The Kier molecular flexibility index (Phi) is 6.89. The Balaban J connectivity index is 0.985. The van der Waals surface area contributed by atoms with E-state index in [4.69, 9.17) is 4.74 Å². The van der Waals surface area contributed by atoms with Gasteiger partial charge in [0.2, 0.25) is 0 Å². The van der Waals surface area contributed by atoms with Crippen molar-refractivity contribution >= 4 is 5.91 Å². The van der Waals surface area contributed by atoms with Gasteiger partial charge in [-0.3, -0.25) is 14.6 Å². The lowest BCUT2D eigenvalue weighted by atomic mass is 9.75. The quantitative estimate of drug-likeness (QED) is 0.617. The first kappa shape index (κ1) is 24.1. The fraction of sp³-hybridized carbons (Fsp3) is 0.581. The van der Waals surface area contributed by atoms with Gasteiger partial charge in [-0.2, -0.15) is 0 Å². The topological polar surface area (TPSA) is 36.0 Å². The van der Waals surface area contributed by atoms with E-state index in [9.17, 15) is 4.79 Å². The van der Waals surface area contributed by atoms with Crippen LogP contribution >= 0.6 is 0 Å². The lowest BCUT2D eigenvalue weighted by Crippen LogP contribution is -2.55. The minimum Gasteiger partial charge on any atom is -0.373 e. The van der Waals surface area contributed by atoms with Gasteiger partial charge in [0.25, 0.3) is 5.91 Å². The van der Waals surface area contributed by atoms with Crippen LogP contribution in [0.5, 0.6) is 0 Å². The van der Waals surface area contributed by atoms with Crippen molar-refractivity contribution in [2.24, 2.45) is 11.3 Å². The summed E-state index contributed by atoms with van der Waals surface area (Å²) in [6.07, 6.45) is 6.22. The number of nitrogens with zero attached hydrogens (tertiary/aromatic N) is 3. The number of amides is 1. The summed E-state index contributed by atoms with van der Waals surface area (Å²) in [6, 6.07) is 21.9. The zero-order valence-electron chi connectivity index (χ0n) is 21.7. The van der Waals surface area contributed by atoms with Crippen LogP contribution in [-0.2, 0) is 4.74 Å². The van der Waals surface area contributed by atoms with Crippen LogP contribution in [0.4, 0.5) is 0 Å². The third-order valence-electron chi connectivity index (χ3n) is 9.68. The molecule has 0 N–H and O–H groups in total. The van der Waals surface area contributed by atoms with Crippen LogP contribution in [0.15, 0.2) is 60.7 Å². The van der Waals surface area contributed by atoms with Crippen molar-refractivity contribution in [3.8, 4) is 0 Å². The van der Waals surface area contributed by atoms with Gasteiger partial charge < -0.3 is 9.64 Å². The molecule has 0 radical (unpaired) electrons. The van der Waals surface area contributed by atoms with Crippen LogP contribution in [0.3, 0.4) is 0 Å². The van der Waals surface area contributed by atoms with E-state index in [0.29, 0.717) is 17.5 Å². The molecule has 1 saturated carbocycles. The van der Waals surface area contributed by atoms with Crippen molar-refractivity contribution in [1.82, 2.24) is 14.7 Å². The molecular weight excluding hydrogens is 446 g/mol. The predicted octanol–water partition coefficient (Wildman–Crippen LogP) is 4.86. The Bertz CT molecular complexity index is 1010. The van der Waals surface area contributed by atoms with Crippen LogP contribution in [-0.4, -0.2) is 78.6 Å². The average molecular weight is 488 g/mol. The second-order valence-electron chi connectivity index (χ2n) is 11.9. The van der Waals surface area contributed by atoms with Gasteiger partial charge >= 0.3 is 0 Å². The molecule has 1 amide bonds. The number of hydrogen-bond donors (Lipinski definition) is 0. The van der Waals surface area contributed by atoms with Gasteiger partial charge in [-0.25, -0.2) is 0 Å². The van der Waals surface area contributed by atoms with Crippen LogP contribution in [0.2, 0.25) is 0 Å². The average Bonchev–Trinajstić information content (AvgIpc) is 3.30. The fourth-order valence-corrected chi connectivity index (χ4v) is 7.42. The summed E-state index contributed by atoms with van der Waals surface area (Å²) in [5.74, 6) is 0.944. The summed E-state index contributed by atoms with van der Waals surface area (Å²) < 4.78 is 6.41. The highest BCUT2D eigenvalue weighted by atomic mass is 16.5. The number of benzene rings is 2. The lowest BCUT2D eigenvalue weighted by molar-refractivity contribution is -0.0820. The van der Waals surface area contributed by atoms with Crippen molar-refractivity contribution in [3.63, 3.8) is 0 Å². The molecule has 4 fully saturated rings. The van der Waals surface area contributed by atoms with Crippen molar-refractivity contribution in [2.75, 3.05) is 45.9 Å². The van der Waals surface area contributed by atoms with Gasteiger partial charge in [0, 0.05) is 56.9 Å². The number of piperidine rings is 1. The van der Waals surface area contributed by atoms with Crippen LogP contribution in [0, 0.1) is 11.3 Å². The van der Waals surface area contributed by atoms with Gasteiger partial charge in [0.15, 0.2) is 0 Å². The van der Waals surface area contributed by atoms with Crippen LogP contribution in [0.25, 0.3) is 0 Å². The molecule has 5 heteroatoms. The Labute approximate surface area is 216 Å². The molecule has 192 valence electrons. The van der Waals surface area contributed by atoms with E-state index in [1.807, 2.05) is 35.2 Å². The maximum atomic E-state index is 12.8. The number of hydrogen-bond acceptors (Lipinski definition) is 4. The summed E-state index contributed by atoms with van der Waals surface area (Å²) in [5.41, 5.74) is 2.48. The number of piperazine rings is 1. The molecule has 5 nitrogen and oxygen atoms in total. The Morgan fingerprint density at radius 3 is 2.08 bits per heavy atom. The maximum Gasteiger partial charge on any atom is 0.253 e. The molecule has 2 aromatic carbocycles. The monoisotopic (exact) mass is 487 g/mol. The molecular formula is C31H41N3O2. The molecule has 4 aliphatic rings. The molecule has 3 aliphatic heterocycles. The zero-order chi connectivity index (χ0) is 24.5. The minimum atomic E-state index is 0.188. The highest BCUT2D eigenvalue weighted by Crippen LogP contribution is 2.53. The minimum absolute atomic E-state index is 0.188. The van der Waals surface area contributed by atoms with Crippen LogP contribution in [0.1, 0.15) is 61.1 Å². The molecule has 36 heavy (non-hydrogen) atoms. The number of rotatable bonds is 4. The highest BCUT2D eigenvalue weighted by Gasteiger charge is 2.49. The number of likely N-dealkylation sites (tertiary alicyclic amines) is 1. The second-order valence-corrected chi connectivity index (χ2v) is 11.9. The number of carbonyl (C=O) groups is 1. The van der Waals surface area contributed by atoms with Gasteiger partial charge in [0.1, 0.15) is 0 Å². The molecule has 6 rings (SSSR count). The Morgan fingerprint density at radius 2 is 1.42 bits per heavy atom. The first-order valence-electron chi connectivity index (χ1n) is 14.1. The Morgan fingerprint density at radius 1 is 0.806 bits per heavy atom. The summed E-state index contributed by atoms with van der Waals surface area (Å²) >= 11 is 0. The molecule has 0 unspecified atom stereocenters. The van der Waals surface area contributed by atoms with E-state index in [-0.39, 0.29) is 12.0 Å². The van der Waals surface area contributed by atoms with E-state index < -0.39 is 0 Å². The van der Waals surface area contributed by atoms with Crippen molar-refractivity contribution < 1.29 is 9.53 Å². The summed E-state index contributed by atoms with van der Waals surface area (Å²) in [4.78, 5) is 20.3. The number of ether oxygens (including phenoxy) is 1. The van der Waals surface area contributed by atoms with Gasteiger partial charge in [-0.1, -0.05) is 55.5 Å². The van der Waals surface area contributed by atoms with Gasteiger partial charge in [-0.05, 0) is 61.1 Å². The van der Waals surface area contributed by atoms with Crippen molar-refractivity contribution in [1.29, 1.82) is 0 Å². The van der Waals surface area contributed by atoms with E-state index >= 15 is 0 Å². The molecule has 0 spiro atoms. The lowest BCUT2D eigenvalue weighted by Gasteiger charge is -2.44. The summed E-state index contributed by atoms with van der Waals surface area (Å²) in [5, 5.41) is 0. The normalized spacial score (nSPS) is 32.4. The molecule has 3 saturated heterocycles. The van der Waals surface area contributed by atoms with E-state index in [1.54, 1.807) is 0 Å².